The Kier molecular flexibility index (Phi) is 5.24. The maximum Gasteiger partial charge on any atom is 0.239 e. The zero-order chi connectivity index (χ0) is 20.0. The monoisotopic (exact) mass is 430 g/mol. The summed E-state index contributed by atoms with van der Waals surface area (Å²) in [7, 11) is 0. The number of nitrogens with zero attached hydrogens (tertiary/aromatic N) is 4. The topological polar surface area (TPSA) is 68.1 Å². The van der Waals surface area contributed by atoms with Gasteiger partial charge in [-0.2, -0.15) is 0 Å². The Bertz CT molecular complexity index is 910. The second-order valence-electron chi connectivity index (χ2n) is 8.56. The number of amides is 2. The Hall–Kier alpha value is -1.67. The quantitative estimate of drug-likeness (QED) is 0.641. The van der Waals surface area contributed by atoms with E-state index in [2.05, 4.69) is 33.1 Å². The number of fused-ring (bicyclic) bond motifs is 2. The predicted molar refractivity (Wildman–Crippen MR) is 114 cm³/mol. The van der Waals surface area contributed by atoms with Crippen molar-refractivity contribution >= 4 is 34.9 Å². The lowest BCUT2D eigenvalue weighted by Gasteiger charge is -2.30. The number of aromatic nitrogens is 3. The smallest absolute Gasteiger partial charge is 0.239 e. The molecule has 2 saturated carbocycles. The standard InChI is InChI=1S/C21H26N4O2S2/c1-13(16-11-14-6-7-15(16)10-14)25-20(17-4-3-9-28-17)22-23-21(25)29-12-19(27)24-8-2-5-18(24)26/h3-4,9,13-16H,2,5-8,10-12H2,1H3/t13-,14-,15-,16+/m1/s1. The van der Waals surface area contributed by atoms with Crippen LogP contribution in [0.3, 0.4) is 0 Å². The molecule has 0 spiro atoms. The Morgan fingerprint density at radius 1 is 1.34 bits per heavy atom. The van der Waals surface area contributed by atoms with E-state index in [9.17, 15) is 9.59 Å². The number of carbonyl (C=O) groups excluding carboxylic acids is 2. The Morgan fingerprint density at radius 2 is 2.24 bits per heavy atom. The molecule has 3 heterocycles. The minimum Gasteiger partial charge on any atom is -0.298 e. The van der Waals surface area contributed by atoms with E-state index < -0.39 is 0 Å². The van der Waals surface area contributed by atoms with Crippen LogP contribution in [0.4, 0.5) is 0 Å². The highest BCUT2D eigenvalue weighted by Gasteiger charge is 2.43. The first kappa shape index (κ1) is 19.3. The van der Waals surface area contributed by atoms with Crippen LogP contribution >= 0.6 is 23.1 Å². The van der Waals surface area contributed by atoms with Crippen molar-refractivity contribution in [2.45, 2.75) is 56.6 Å². The summed E-state index contributed by atoms with van der Waals surface area (Å²) in [6.45, 7) is 2.84. The highest BCUT2D eigenvalue weighted by molar-refractivity contribution is 7.99. The molecule has 0 radical (unpaired) electrons. The fourth-order valence-corrected chi connectivity index (χ4v) is 7.11. The first-order chi connectivity index (χ1) is 14.1. The Labute approximate surface area is 179 Å². The molecule has 0 unspecified atom stereocenters. The van der Waals surface area contributed by atoms with Crippen molar-refractivity contribution in [3.8, 4) is 10.7 Å². The van der Waals surface area contributed by atoms with Gasteiger partial charge in [-0.1, -0.05) is 24.2 Å². The van der Waals surface area contributed by atoms with E-state index in [1.165, 1.54) is 42.3 Å². The van der Waals surface area contributed by atoms with E-state index >= 15 is 0 Å². The lowest BCUT2D eigenvalue weighted by molar-refractivity contribution is -0.140. The van der Waals surface area contributed by atoms with Crippen molar-refractivity contribution in [2.24, 2.45) is 17.8 Å². The molecular weight excluding hydrogens is 404 g/mol. The Morgan fingerprint density at radius 3 is 2.90 bits per heavy atom. The third-order valence-electron chi connectivity index (χ3n) is 6.92. The fraction of sp³-hybridized carbons (Fsp3) is 0.619. The molecule has 1 aliphatic heterocycles. The summed E-state index contributed by atoms with van der Waals surface area (Å²) in [5.41, 5.74) is 0. The molecule has 6 nitrogen and oxygen atoms in total. The van der Waals surface area contributed by atoms with Gasteiger partial charge in [0.2, 0.25) is 11.8 Å². The van der Waals surface area contributed by atoms with Crippen LogP contribution in [-0.2, 0) is 9.59 Å². The molecule has 1 saturated heterocycles. The maximum absolute atomic E-state index is 12.5. The van der Waals surface area contributed by atoms with E-state index in [-0.39, 0.29) is 17.6 Å². The zero-order valence-corrected chi connectivity index (χ0v) is 18.3. The molecule has 5 rings (SSSR count). The number of thioether (sulfide) groups is 1. The van der Waals surface area contributed by atoms with E-state index in [0.717, 1.165) is 34.1 Å². The summed E-state index contributed by atoms with van der Waals surface area (Å²) in [5, 5.41) is 11.8. The SMILES string of the molecule is C[C@H]([C@@H]1C[C@@H]2CC[C@@H]1C2)n1c(SCC(=O)N2CCCC2=O)nnc1-c1cccs1. The minimum atomic E-state index is -0.114. The normalized spacial score (nSPS) is 27.1. The maximum atomic E-state index is 12.5. The fourth-order valence-electron chi connectivity index (χ4n) is 5.51. The third kappa shape index (κ3) is 3.54. The summed E-state index contributed by atoms with van der Waals surface area (Å²) < 4.78 is 2.26. The zero-order valence-electron chi connectivity index (χ0n) is 16.6. The van der Waals surface area contributed by atoms with Crippen LogP contribution in [0.5, 0.6) is 0 Å². The van der Waals surface area contributed by atoms with Gasteiger partial charge in [-0.3, -0.25) is 19.1 Å². The number of likely N-dealkylation sites (tertiary alicyclic amines) is 1. The van der Waals surface area contributed by atoms with Crippen LogP contribution in [-0.4, -0.2) is 43.8 Å². The van der Waals surface area contributed by atoms with Gasteiger partial charge in [0.05, 0.1) is 10.6 Å². The van der Waals surface area contributed by atoms with E-state index in [4.69, 9.17) is 0 Å². The molecule has 2 aromatic rings. The summed E-state index contributed by atoms with van der Waals surface area (Å²) in [5.74, 6) is 3.31. The van der Waals surface area contributed by atoms with E-state index in [1.54, 1.807) is 11.3 Å². The van der Waals surface area contributed by atoms with Crippen LogP contribution in [0, 0.1) is 17.8 Å². The number of imide groups is 1. The van der Waals surface area contributed by atoms with Crippen LogP contribution in [0.2, 0.25) is 0 Å². The second kappa shape index (κ2) is 7.87. The molecule has 8 heteroatoms. The molecule has 3 aliphatic rings. The van der Waals surface area contributed by atoms with Gasteiger partial charge in [0.25, 0.3) is 0 Å². The van der Waals surface area contributed by atoms with Crippen LogP contribution in [0.1, 0.15) is 51.5 Å². The molecule has 2 aliphatic carbocycles. The van der Waals surface area contributed by atoms with Crippen molar-refractivity contribution in [1.29, 1.82) is 0 Å². The van der Waals surface area contributed by atoms with E-state index in [1.807, 2.05) is 6.07 Å². The van der Waals surface area contributed by atoms with Crippen molar-refractivity contribution in [1.82, 2.24) is 19.7 Å². The Balaban J connectivity index is 1.39. The van der Waals surface area contributed by atoms with E-state index in [0.29, 0.717) is 24.9 Å². The molecule has 2 bridgehead atoms. The summed E-state index contributed by atoms with van der Waals surface area (Å²) in [6, 6.07) is 4.43. The van der Waals surface area contributed by atoms with Gasteiger partial charge in [0.15, 0.2) is 11.0 Å². The third-order valence-corrected chi connectivity index (χ3v) is 8.72. The summed E-state index contributed by atoms with van der Waals surface area (Å²) >= 11 is 3.09. The number of hydrogen-bond donors (Lipinski definition) is 0. The average Bonchev–Trinajstić information content (AvgIpc) is 3.53. The largest absolute Gasteiger partial charge is 0.298 e. The summed E-state index contributed by atoms with van der Waals surface area (Å²) in [6.07, 6.45) is 6.64. The molecular formula is C21H26N4O2S2. The molecule has 154 valence electrons. The van der Waals surface area contributed by atoms with Crippen LogP contribution in [0.25, 0.3) is 10.7 Å². The highest BCUT2D eigenvalue weighted by atomic mass is 32.2. The molecule has 0 aromatic carbocycles. The lowest BCUT2D eigenvalue weighted by Crippen LogP contribution is -2.33. The highest BCUT2D eigenvalue weighted by Crippen LogP contribution is 2.53. The van der Waals surface area contributed by atoms with Gasteiger partial charge in [-0.05, 0) is 61.8 Å². The van der Waals surface area contributed by atoms with Gasteiger partial charge in [-0.25, -0.2) is 0 Å². The second-order valence-corrected chi connectivity index (χ2v) is 10.5. The summed E-state index contributed by atoms with van der Waals surface area (Å²) in [4.78, 5) is 26.9. The van der Waals surface area contributed by atoms with Crippen molar-refractivity contribution in [2.75, 3.05) is 12.3 Å². The molecule has 2 amide bonds. The average molecular weight is 431 g/mol. The molecule has 4 atom stereocenters. The van der Waals surface area contributed by atoms with Gasteiger partial charge >= 0.3 is 0 Å². The van der Waals surface area contributed by atoms with Crippen molar-refractivity contribution in [3.05, 3.63) is 17.5 Å². The van der Waals surface area contributed by atoms with Gasteiger partial charge in [0.1, 0.15) is 0 Å². The molecule has 0 N–H and O–H groups in total. The van der Waals surface area contributed by atoms with Gasteiger partial charge < -0.3 is 0 Å². The van der Waals surface area contributed by atoms with Crippen molar-refractivity contribution < 1.29 is 9.59 Å². The number of rotatable bonds is 6. The van der Waals surface area contributed by atoms with Crippen molar-refractivity contribution in [3.63, 3.8) is 0 Å². The number of carbonyl (C=O) groups is 2. The van der Waals surface area contributed by atoms with Crippen LogP contribution < -0.4 is 0 Å². The molecule has 29 heavy (non-hydrogen) atoms. The first-order valence-electron chi connectivity index (χ1n) is 10.6. The molecule has 3 fully saturated rings. The number of hydrogen-bond acceptors (Lipinski definition) is 6. The molecule has 2 aromatic heterocycles. The lowest BCUT2D eigenvalue weighted by atomic mass is 9.84. The minimum absolute atomic E-state index is 0.0494. The predicted octanol–water partition coefficient (Wildman–Crippen LogP) is 4.24. The first-order valence-corrected chi connectivity index (χ1v) is 12.4. The van der Waals surface area contributed by atoms with Gasteiger partial charge in [-0.15, -0.1) is 21.5 Å². The van der Waals surface area contributed by atoms with Crippen LogP contribution in [0.15, 0.2) is 22.7 Å². The number of thiophene rings is 1. The van der Waals surface area contributed by atoms with Gasteiger partial charge in [0, 0.05) is 19.0 Å².